The predicted molar refractivity (Wildman–Crippen MR) is 79.1 cm³/mol. The van der Waals surface area contributed by atoms with Crippen LogP contribution in [0.1, 0.15) is 34.6 Å². The first-order valence-electron chi connectivity index (χ1n) is 6.72. The van der Waals surface area contributed by atoms with Crippen LogP contribution in [0.15, 0.2) is 12.2 Å². The van der Waals surface area contributed by atoms with Gasteiger partial charge in [-0.2, -0.15) is 0 Å². The van der Waals surface area contributed by atoms with Gasteiger partial charge in [0.1, 0.15) is 0 Å². The van der Waals surface area contributed by atoms with Gasteiger partial charge in [-0.1, -0.05) is 6.58 Å². The molecular formula is C13H28O6Si. The van der Waals surface area contributed by atoms with Crippen LogP contribution < -0.4 is 0 Å². The van der Waals surface area contributed by atoms with Gasteiger partial charge in [-0.25, -0.2) is 4.79 Å². The number of carbonyl (C=O) groups is 1. The van der Waals surface area contributed by atoms with E-state index in [2.05, 4.69) is 11.3 Å². The van der Waals surface area contributed by atoms with Crippen LogP contribution in [0, 0.1) is 0 Å². The summed E-state index contributed by atoms with van der Waals surface area (Å²) in [6, 6.07) is 0. The lowest BCUT2D eigenvalue weighted by Gasteiger charge is -2.26. The van der Waals surface area contributed by atoms with E-state index in [0.717, 1.165) is 0 Å². The summed E-state index contributed by atoms with van der Waals surface area (Å²) < 4.78 is 26.0. The van der Waals surface area contributed by atoms with Gasteiger partial charge < -0.3 is 22.4 Å². The fraction of sp³-hybridized carbons (Fsp3) is 0.769. The molecule has 0 saturated carbocycles. The molecule has 0 aliphatic heterocycles. The Bertz CT molecular complexity index is 240. The molecule has 6 nitrogen and oxygen atoms in total. The second-order valence-corrected chi connectivity index (χ2v) is 5.66. The molecule has 0 unspecified atom stereocenters. The van der Waals surface area contributed by atoms with Crippen molar-refractivity contribution < 1.29 is 27.2 Å². The molecule has 7 heteroatoms. The Morgan fingerprint density at radius 2 is 1.20 bits per heavy atom. The van der Waals surface area contributed by atoms with Gasteiger partial charge in [-0.15, -0.1) is 0 Å². The zero-order valence-electron chi connectivity index (χ0n) is 13.5. The molecule has 0 rings (SSSR count). The molecule has 0 aromatic heterocycles. The molecule has 20 heavy (non-hydrogen) atoms. The number of hydrogen-bond donors (Lipinski definition) is 0. The minimum absolute atomic E-state index is 0.347. The molecule has 0 bridgehead atoms. The van der Waals surface area contributed by atoms with Gasteiger partial charge >= 0.3 is 15.0 Å². The molecule has 0 amide bonds. The Balaban J connectivity index is 0. The van der Waals surface area contributed by atoms with Crippen molar-refractivity contribution in [2.75, 3.05) is 33.5 Å². The van der Waals surface area contributed by atoms with E-state index in [9.17, 15) is 4.79 Å². The third-order valence-electron chi connectivity index (χ3n) is 1.82. The monoisotopic (exact) mass is 308 g/mol. The average molecular weight is 308 g/mol. The summed E-state index contributed by atoms with van der Waals surface area (Å²) in [7, 11) is -1.47. The van der Waals surface area contributed by atoms with E-state index in [1.807, 2.05) is 27.7 Å². The maximum absolute atomic E-state index is 10.2. The number of methoxy groups -OCH3 is 1. The van der Waals surface area contributed by atoms with Crippen molar-refractivity contribution in [3.8, 4) is 0 Å². The van der Waals surface area contributed by atoms with Crippen LogP contribution in [0.4, 0.5) is 0 Å². The Morgan fingerprint density at radius 3 is 1.30 bits per heavy atom. The van der Waals surface area contributed by atoms with E-state index < -0.39 is 9.05 Å². The van der Waals surface area contributed by atoms with Crippen LogP contribution in [-0.2, 0) is 27.2 Å². The first kappa shape index (κ1) is 21.6. The van der Waals surface area contributed by atoms with Crippen molar-refractivity contribution in [3.63, 3.8) is 0 Å². The van der Waals surface area contributed by atoms with Crippen molar-refractivity contribution >= 4 is 15.0 Å². The molecule has 0 fully saturated rings. The largest absolute Gasteiger partial charge is 0.679 e. The first-order valence-corrected chi connectivity index (χ1v) is 8.35. The number of esters is 1. The fourth-order valence-electron chi connectivity index (χ4n) is 1.13. The summed E-state index contributed by atoms with van der Waals surface area (Å²) in [6.07, 6.45) is 0. The Hall–Kier alpha value is -0.733. The van der Waals surface area contributed by atoms with Crippen molar-refractivity contribution in [1.82, 2.24) is 0 Å². The maximum atomic E-state index is 10.2. The molecule has 120 valence electrons. The molecule has 0 spiro atoms. The number of hydrogen-bond acceptors (Lipinski definition) is 6. The summed E-state index contributed by atoms with van der Waals surface area (Å²) in [5.41, 5.74) is 0.433. The van der Waals surface area contributed by atoms with Gasteiger partial charge in [0, 0.05) is 32.0 Å². The van der Waals surface area contributed by atoms with Gasteiger partial charge in [0.25, 0.3) is 0 Å². The van der Waals surface area contributed by atoms with E-state index in [0.29, 0.717) is 32.0 Å². The molecule has 0 N–H and O–H groups in total. The van der Waals surface area contributed by atoms with E-state index in [1.165, 1.54) is 7.11 Å². The van der Waals surface area contributed by atoms with Crippen molar-refractivity contribution in [2.24, 2.45) is 0 Å². The first-order chi connectivity index (χ1) is 9.42. The summed E-state index contributed by atoms with van der Waals surface area (Å²) in [5, 5.41) is 0. The number of ether oxygens (including phenoxy) is 1. The SMILES string of the molecule is C=C(C)C(=O)OC.CCO[Si](OCC)(OCC)OCC. The molecule has 0 atom stereocenters. The van der Waals surface area contributed by atoms with E-state index >= 15 is 0 Å². The predicted octanol–water partition coefficient (Wildman–Crippen LogP) is 2.30. The molecule has 0 saturated heterocycles. The Morgan fingerprint density at radius 1 is 0.900 bits per heavy atom. The standard InChI is InChI=1S/C8H20O4Si.C5H8O2/c1-5-9-13(10-6-2,11-7-3)12-8-4;1-4(2)5(6)7-3/h5-8H2,1-4H3;1H2,2-3H3. The molecule has 0 aliphatic carbocycles. The van der Waals surface area contributed by atoms with Gasteiger partial charge in [-0.05, 0) is 34.6 Å². The number of rotatable bonds is 9. The Labute approximate surface area is 123 Å². The van der Waals surface area contributed by atoms with E-state index in [-0.39, 0.29) is 5.97 Å². The summed E-state index contributed by atoms with van der Waals surface area (Å²) in [5.74, 6) is -0.347. The average Bonchev–Trinajstić information content (AvgIpc) is 2.39. The molecule has 0 heterocycles. The van der Waals surface area contributed by atoms with Gasteiger partial charge in [0.15, 0.2) is 0 Å². The van der Waals surface area contributed by atoms with E-state index in [4.69, 9.17) is 17.7 Å². The van der Waals surface area contributed by atoms with Crippen LogP contribution in [0.3, 0.4) is 0 Å². The second kappa shape index (κ2) is 13.3. The normalized spacial score (nSPS) is 10.5. The van der Waals surface area contributed by atoms with Gasteiger partial charge in [0.05, 0.1) is 7.11 Å². The third kappa shape index (κ3) is 10.1. The summed E-state index contributed by atoms with van der Waals surface area (Å²) >= 11 is 0. The zero-order chi connectivity index (χ0) is 16.0. The lowest BCUT2D eigenvalue weighted by Crippen LogP contribution is -2.49. The van der Waals surface area contributed by atoms with Crippen LogP contribution in [0.2, 0.25) is 0 Å². The van der Waals surface area contributed by atoms with Crippen LogP contribution in [-0.4, -0.2) is 48.6 Å². The highest BCUT2D eigenvalue weighted by atomic mass is 28.4. The van der Waals surface area contributed by atoms with Crippen LogP contribution in [0.25, 0.3) is 0 Å². The second-order valence-electron chi connectivity index (χ2n) is 3.50. The highest BCUT2D eigenvalue weighted by Crippen LogP contribution is 2.11. The van der Waals surface area contributed by atoms with Gasteiger partial charge in [0.2, 0.25) is 0 Å². The Kier molecular flexibility index (Phi) is 14.3. The molecule has 0 aliphatic rings. The molecule has 0 aromatic carbocycles. The fourth-order valence-corrected chi connectivity index (χ4v) is 3.05. The lowest BCUT2D eigenvalue weighted by molar-refractivity contribution is -0.136. The zero-order valence-corrected chi connectivity index (χ0v) is 14.5. The minimum Gasteiger partial charge on any atom is -0.466 e. The van der Waals surface area contributed by atoms with Crippen molar-refractivity contribution in [2.45, 2.75) is 34.6 Å². The highest BCUT2D eigenvalue weighted by molar-refractivity contribution is 6.53. The van der Waals surface area contributed by atoms with Crippen LogP contribution in [0.5, 0.6) is 0 Å². The molecule has 0 aromatic rings. The molecule has 0 radical (unpaired) electrons. The smallest absolute Gasteiger partial charge is 0.466 e. The van der Waals surface area contributed by atoms with Gasteiger partial charge in [-0.3, -0.25) is 0 Å². The number of carbonyl (C=O) groups excluding carboxylic acids is 1. The summed E-state index contributed by atoms with van der Waals surface area (Å²) in [4.78, 5) is 10.2. The topological polar surface area (TPSA) is 63.2 Å². The van der Waals surface area contributed by atoms with Crippen molar-refractivity contribution in [1.29, 1.82) is 0 Å². The maximum Gasteiger partial charge on any atom is 0.679 e. The quantitative estimate of drug-likeness (QED) is 0.370. The summed E-state index contributed by atoms with van der Waals surface area (Å²) in [6.45, 7) is 14.8. The van der Waals surface area contributed by atoms with Crippen molar-refractivity contribution in [3.05, 3.63) is 12.2 Å². The minimum atomic E-state index is -2.80. The third-order valence-corrected chi connectivity index (χ3v) is 4.39. The molecular weight excluding hydrogens is 280 g/mol. The van der Waals surface area contributed by atoms with E-state index in [1.54, 1.807) is 6.92 Å². The van der Waals surface area contributed by atoms with Crippen LogP contribution >= 0.6 is 0 Å². The highest BCUT2D eigenvalue weighted by Gasteiger charge is 2.44. The lowest BCUT2D eigenvalue weighted by atomic mass is 10.4.